The molecule has 0 bridgehead atoms. The maximum absolute atomic E-state index is 12.5. The number of allylic oxidation sites excluding steroid dienone is 4. The van der Waals surface area contributed by atoms with E-state index in [9.17, 15) is 14.7 Å². The fourth-order valence-electron chi connectivity index (χ4n) is 3.61. The lowest BCUT2D eigenvalue weighted by Crippen LogP contribution is -2.39. The maximum atomic E-state index is 12.5. The van der Waals surface area contributed by atoms with E-state index >= 15 is 0 Å². The molecule has 2 N–H and O–H groups in total. The summed E-state index contributed by atoms with van der Waals surface area (Å²) in [6.45, 7) is 0. The minimum absolute atomic E-state index is 0.0636. The Balaban J connectivity index is 1.58. The van der Waals surface area contributed by atoms with Gasteiger partial charge in [-0.15, -0.1) is 0 Å². The average Bonchev–Trinajstić information content (AvgIpc) is 3.21. The molecule has 0 spiro atoms. The summed E-state index contributed by atoms with van der Waals surface area (Å²) in [5.41, 5.74) is 5.87. The van der Waals surface area contributed by atoms with E-state index in [4.69, 9.17) is 0 Å². The van der Waals surface area contributed by atoms with Gasteiger partial charge in [-0.2, -0.15) is 5.10 Å². The highest BCUT2D eigenvalue weighted by atomic mass is 16.3. The van der Waals surface area contributed by atoms with Crippen molar-refractivity contribution in [1.29, 1.82) is 0 Å². The monoisotopic (exact) mass is 378 g/mol. The van der Waals surface area contributed by atoms with Crippen LogP contribution in [0.2, 0.25) is 0 Å². The van der Waals surface area contributed by atoms with Gasteiger partial charge < -0.3 is 10.5 Å². The van der Waals surface area contributed by atoms with Crippen LogP contribution in [0.5, 0.6) is 5.88 Å². The standard InChI is InChI=1S/C21H22N4O3/c1-24-19(26)18(20(27)25(2)21(24)28)17-12-16(22-23-17)15-10-8-14(9-11-15)13-6-4-3-5-7-13/h4,6-11,16,22,26H,3,5,12H2,1-2H3. The van der Waals surface area contributed by atoms with Gasteiger partial charge in [-0.05, 0) is 29.5 Å². The molecule has 7 heteroatoms. The first-order valence-corrected chi connectivity index (χ1v) is 9.26. The fourth-order valence-corrected chi connectivity index (χ4v) is 3.61. The third kappa shape index (κ3) is 2.98. The predicted octanol–water partition coefficient (Wildman–Crippen LogP) is 1.96. The molecular weight excluding hydrogens is 356 g/mol. The molecule has 0 saturated heterocycles. The van der Waals surface area contributed by atoms with Gasteiger partial charge in [-0.1, -0.05) is 42.5 Å². The Kier molecular flexibility index (Phi) is 4.50. The largest absolute Gasteiger partial charge is 0.494 e. The van der Waals surface area contributed by atoms with Gasteiger partial charge in [0.25, 0.3) is 5.56 Å². The third-order valence-corrected chi connectivity index (χ3v) is 5.32. The number of benzene rings is 1. The minimum atomic E-state index is -0.573. The zero-order valence-corrected chi connectivity index (χ0v) is 15.8. The molecule has 1 aliphatic heterocycles. The zero-order chi connectivity index (χ0) is 19.8. The summed E-state index contributed by atoms with van der Waals surface area (Å²) in [5, 5.41) is 14.6. The molecule has 28 heavy (non-hydrogen) atoms. The Hall–Kier alpha value is -3.35. The SMILES string of the molecule is Cn1c(O)c(C2=NNC(c3ccc(C4=CCCC=C4)cc3)C2)c(=O)n(C)c1=O. The fraction of sp³-hybridized carbons (Fsp3) is 0.286. The van der Waals surface area contributed by atoms with E-state index < -0.39 is 11.2 Å². The van der Waals surface area contributed by atoms with Gasteiger partial charge in [0.1, 0.15) is 5.56 Å². The second kappa shape index (κ2) is 6.99. The van der Waals surface area contributed by atoms with Crippen molar-refractivity contribution in [2.24, 2.45) is 19.2 Å². The quantitative estimate of drug-likeness (QED) is 0.855. The molecule has 2 aliphatic rings. The van der Waals surface area contributed by atoms with Gasteiger partial charge in [0.05, 0.1) is 11.8 Å². The lowest BCUT2D eigenvalue weighted by Gasteiger charge is -2.13. The number of nitrogens with zero attached hydrogens (tertiary/aromatic N) is 3. The van der Waals surface area contributed by atoms with E-state index in [1.165, 1.54) is 25.2 Å². The molecule has 1 aromatic carbocycles. The molecule has 2 aromatic rings. The van der Waals surface area contributed by atoms with Gasteiger partial charge in [0.2, 0.25) is 5.88 Å². The summed E-state index contributed by atoms with van der Waals surface area (Å²) in [5.74, 6) is -0.360. The van der Waals surface area contributed by atoms with Gasteiger partial charge in [0, 0.05) is 20.5 Å². The third-order valence-electron chi connectivity index (χ3n) is 5.32. The number of rotatable bonds is 3. The molecule has 1 atom stereocenters. The van der Waals surface area contributed by atoms with Crippen LogP contribution in [0.15, 0.2) is 57.2 Å². The maximum Gasteiger partial charge on any atom is 0.333 e. The van der Waals surface area contributed by atoms with Crippen molar-refractivity contribution in [3.63, 3.8) is 0 Å². The smallest absolute Gasteiger partial charge is 0.333 e. The molecule has 0 saturated carbocycles. The van der Waals surface area contributed by atoms with Crippen LogP contribution in [-0.4, -0.2) is 20.0 Å². The highest BCUT2D eigenvalue weighted by Gasteiger charge is 2.27. The van der Waals surface area contributed by atoms with E-state index in [0.717, 1.165) is 27.5 Å². The molecule has 2 heterocycles. The summed E-state index contributed by atoms with van der Waals surface area (Å²) < 4.78 is 2.03. The van der Waals surface area contributed by atoms with Crippen LogP contribution in [0.4, 0.5) is 0 Å². The van der Waals surface area contributed by atoms with Crippen LogP contribution in [0.1, 0.15) is 42.0 Å². The lowest BCUT2D eigenvalue weighted by molar-refractivity contribution is 0.410. The number of aromatic nitrogens is 2. The number of hydrazone groups is 1. The molecule has 0 amide bonds. The Morgan fingerprint density at radius 2 is 1.86 bits per heavy atom. The summed E-state index contributed by atoms with van der Waals surface area (Å²) in [6.07, 6.45) is 9.16. The van der Waals surface area contributed by atoms with E-state index in [1.54, 1.807) is 0 Å². The summed E-state index contributed by atoms with van der Waals surface area (Å²) in [7, 11) is 2.81. The van der Waals surface area contributed by atoms with E-state index in [1.807, 2.05) is 12.1 Å². The van der Waals surface area contributed by atoms with Crippen LogP contribution in [0.25, 0.3) is 5.57 Å². The summed E-state index contributed by atoms with van der Waals surface area (Å²) in [6, 6.07) is 8.17. The molecule has 4 rings (SSSR count). The molecule has 7 nitrogen and oxygen atoms in total. The Bertz CT molecular complexity index is 1130. The van der Waals surface area contributed by atoms with Crippen LogP contribution in [0.3, 0.4) is 0 Å². The van der Waals surface area contributed by atoms with Gasteiger partial charge >= 0.3 is 5.69 Å². The van der Waals surface area contributed by atoms with Gasteiger partial charge in [-0.25, -0.2) is 4.79 Å². The molecule has 1 aromatic heterocycles. The van der Waals surface area contributed by atoms with Crippen LogP contribution in [0, 0.1) is 0 Å². The van der Waals surface area contributed by atoms with E-state index in [0.29, 0.717) is 12.1 Å². The van der Waals surface area contributed by atoms with Crippen molar-refractivity contribution >= 4 is 11.3 Å². The zero-order valence-electron chi connectivity index (χ0n) is 15.8. The van der Waals surface area contributed by atoms with Crippen molar-refractivity contribution in [3.8, 4) is 5.88 Å². The van der Waals surface area contributed by atoms with Gasteiger partial charge in [-0.3, -0.25) is 13.9 Å². The van der Waals surface area contributed by atoms with Crippen LogP contribution < -0.4 is 16.7 Å². The highest BCUT2D eigenvalue weighted by Crippen LogP contribution is 2.28. The first-order chi connectivity index (χ1) is 13.5. The van der Waals surface area contributed by atoms with Crippen molar-refractivity contribution in [3.05, 3.63) is 80.0 Å². The number of hydrogen-bond donors (Lipinski definition) is 2. The van der Waals surface area contributed by atoms with Gasteiger partial charge in [0.15, 0.2) is 0 Å². The topological polar surface area (TPSA) is 88.6 Å². The molecular formula is C21H22N4O3. The van der Waals surface area contributed by atoms with E-state index in [-0.39, 0.29) is 17.5 Å². The second-order valence-electron chi connectivity index (χ2n) is 7.11. The number of nitrogens with one attached hydrogen (secondary N) is 1. The summed E-state index contributed by atoms with van der Waals surface area (Å²) in [4.78, 5) is 24.4. The number of aromatic hydroxyl groups is 1. The number of hydrogen-bond acceptors (Lipinski definition) is 5. The lowest BCUT2D eigenvalue weighted by atomic mass is 9.95. The Labute approximate surface area is 162 Å². The first-order valence-electron chi connectivity index (χ1n) is 9.26. The second-order valence-corrected chi connectivity index (χ2v) is 7.11. The van der Waals surface area contributed by atoms with Crippen molar-refractivity contribution in [2.75, 3.05) is 0 Å². The molecule has 1 unspecified atom stereocenters. The van der Waals surface area contributed by atoms with E-state index in [2.05, 4.69) is 40.9 Å². The first kappa shape index (κ1) is 18.0. The highest BCUT2D eigenvalue weighted by molar-refractivity contribution is 6.03. The van der Waals surface area contributed by atoms with Crippen molar-refractivity contribution in [2.45, 2.75) is 25.3 Å². The average molecular weight is 378 g/mol. The Morgan fingerprint density at radius 3 is 2.54 bits per heavy atom. The molecule has 0 fully saturated rings. The van der Waals surface area contributed by atoms with Crippen LogP contribution in [-0.2, 0) is 14.1 Å². The van der Waals surface area contributed by atoms with Crippen molar-refractivity contribution in [1.82, 2.24) is 14.6 Å². The molecule has 0 radical (unpaired) electrons. The normalized spacial score (nSPS) is 18.6. The predicted molar refractivity (Wildman–Crippen MR) is 108 cm³/mol. The Morgan fingerprint density at radius 1 is 1.11 bits per heavy atom. The summed E-state index contributed by atoms with van der Waals surface area (Å²) >= 11 is 0. The molecule has 1 aliphatic carbocycles. The minimum Gasteiger partial charge on any atom is -0.494 e. The molecule has 144 valence electrons. The van der Waals surface area contributed by atoms with Crippen LogP contribution >= 0.6 is 0 Å². The van der Waals surface area contributed by atoms with Crippen molar-refractivity contribution < 1.29 is 5.11 Å².